The van der Waals surface area contributed by atoms with E-state index in [1.165, 1.54) is 19.3 Å². The van der Waals surface area contributed by atoms with E-state index in [0.29, 0.717) is 5.92 Å². The molecule has 2 saturated heterocycles. The minimum absolute atomic E-state index is 0.136. The van der Waals surface area contributed by atoms with Gasteiger partial charge in [0, 0.05) is 32.4 Å². The van der Waals surface area contributed by atoms with Crippen LogP contribution in [0.2, 0.25) is 0 Å². The van der Waals surface area contributed by atoms with Crippen molar-refractivity contribution >= 4 is 11.7 Å². The van der Waals surface area contributed by atoms with Crippen molar-refractivity contribution < 1.29 is 4.79 Å². The number of likely N-dealkylation sites (tertiary alicyclic amines) is 1. The highest BCUT2D eigenvalue weighted by Gasteiger charge is 2.22. The number of hydrogen-bond donors (Lipinski definition) is 0. The summed E-state index contributed by atoms with van der Waals surface area (Å²) in [5, 5.41) is 0. The molecule has 3 heterocycles. The first-order valence-corrected chi connectivity index (χ1v) is 7.74. The number of carbonyl (C=O) groups excluding carboxylic acids is 1. The normalized spacial score (nSPS) is 23.1. The fraction of sp³-hybridized carbons (Fsp3) is 0.625. The molecule has 2 aliphatic rings. The number of pyridine rings is 1. The van der Waals surface area contributed by atoms with Gasteiger partial charge in [0.15, 0.2) is 0 Å². The van der Waals surface area contributed by atoms with Crippen LogP contribution in [0.25, 0.3) is 0 Å². The van der Waals surface area contributed by atoms with Crippen LogP contribution < -0.4 is 4.90 Å². The van der Waals surface area contributed by atoms with E-state index >= 15 is 0 Å². The molecule has 4 nitrogen and oxygen atoms in total. The van der Waals surface area contributed by atoms with E-state index in [-0.39, 0.29) is 5.91 Å². The number of nitrogens with zero attached hydrogens (tertiary/aromatic N) is 3. The predicted molar refractivity (Wildman–Crippen MR) is 80.0 cm³/mol. The van der Waals surface area contributed by atoms with Crippen molar-refractivity contribution in [1.29, 1.82) is 0 Å². The SMILES string of the molecule is C[C@@H]1CCCN(C(=O)c2ccc(N3CCCC3)nc2)C1. The van der Waals surface area contributed by atoms with Gasteiger partial charge in [0.25, 0.3) is 5.91 Å². The standard InChI is InChI=1S/C16H23N3O/c1-13-5-4-10-19(12-13)16(20)14-6-7-15(17-11-14)18-8-2-3-9-18/h6-7,11,13H,2-5,8-10,12H2,1H3/t13-/m1/s1. The zero-order chi connectivity index (χ0) is 13.9. The molecule has 1 aromatic heterocycles. The summed E-state index contributed by atoms with van der Waals surface area (Å²) in [7, 11) is 0. The molecule has 3 rings (SSSR count). The van der Waals surface area contributed by atoms with Crippen molar-refractivity contribution in [3.63, 3.8) is 0 Å². The van der Waals surface area contributed by atoms with Gasteiger partial charge in [0.05, 0.1) is 5.56 Å². The molecule has 0 unspecified atom stereocenters. The number of aromatic nitrogens is 1. The van der Waals surface area contributed by atoms with Crippen LogP contribution in [0.1, 0.15) is 43.0 Å². The van der Waals surface area contributed by atoms with Crippen LogP contribution in [-0.4, -0.2) is 42.0 Å². The van der Waals surface area contributed by atoms with E-state index in [0.717, 1.165) is 44.0 Å². The number of piperidine rings is 1. The van der Waals surface area contributed by atoms with E-state index in [1.807, 2.05) is 17.0 Å². The van der Waals surface area contributed by atoms with Gasteiger partial charge in [-0.1, -0.05) is 6.92 Å². The molecule has 1 aromatic rings. The first-order chi connectivity index (χ1) is 9.74. The zero-order valence-corrected chi connectivity index (χ0v) is 12.2. The van der Waals surface area contributed by atoms with E-state index in [4.69, 9.17) is 0 Å². The van der Waals surface area contributed by atoms with Gasteiger partial charge in [0.2, 0.25) is 0 Å². The summed E-state index contributed by atoms with van der Waals surface area (Å²) in [5.41, 5.74) is 0.724. The second-order valence-electron chi connectivity index (χ2n) is 6.10. The van der Waals surface area contributed by atoms with Crippen molar-refractivity contribution in [2.24, 2.45) is 5.92 Å². The molecule has 1 atom stereocenters. The largest absolute Gasteiger partial charge is 0.357 e. The molecule has 0 bridgehead atoms. The Morgan fingerprint density at radius 2 is 2.00 bits per heavy atom. The Bertz CT molecular complexity index is 465. The highest BCUT2D eigenvalue weighted by Crippen LogP contribution is 2.20. The molecule has 20 heavy (non-hydrogen) atoms. The van der Waals surface area contributed by atoms with Crippen LogP contribution in [0.15, 0.2) is 18.3 Å². The van der Waals surface area contributed by atoms with Gasteiger partial charge >= 0.3 is 0 Å². The molecule has 2 aliphatic heterocycles. The van der Waals surface area contributed by atoms with Crippen molar-refractivity contribution in [2.75, 3.05) is 31.1 Å². The number of rotatable bonds is 2. The maximum absolute atomic E-state index is 12.5. The number of amides is 1. The Kier molecular flexibility index (Phi) is 3.90. The summed E-state index contributed by atoms with van der Waals surface area (Å²) in [4.78, 5) is 21.2. The summed E-state index contributed by atoms with van der Waals surface area (Å²) < 4.78 is 0. The smallest absolute Gasteiger partial charge is 0.255 e. The van der Waals surface area contributed by atoms with Crippen molar-refractivity contribution in [1.82, 2.24) is 9.88 Å². The second-order valence-corrected chi connectivity index (χ2v) is 6.10. The third-order valence-electron chi connectivity index (χ3n) is 4.37. The molecule has 0 radical (unpaired) electrons. The van der Waals surface area contributed by atoms with Gasteiger partial charge in [-0.3, -0.25) is 4.79 Å². The minimum atomic E-state index is 0.136. The lowest BCUT2D eigenvalue weighted by Crippen LogP contribution is -2.39. The predicted octanol–water partition coefficient (Wildman–Crippen LogP) is 2.55. The Balaban J connectivity index is 1.68. The first-order valence-electron chi connectivity index (χ1n) is 7.74. The quantitative estimate of drug-likeness (QED) is 0.831. The fourth-order valence-electron chi connectivity index (χ4n) is 3.20. The van der Waals surface area contributed by atoms with Gasteiger partial charge in [-0.25, -0.2) is 4.98 Å². The Morgan fingerprint density at radius 3 is 2.65 bits per heavy atom. The van der Waals surface area contributed by atoms with Gasteiger partial charge in [0.1, 0.15) is 5.82 Å². The van der Waals surface area contributed by atoms with Crippen LogP contribution in [0.4, 0.5) is 5.82 Å². The summed E-state index contributed by atoms with van der Waals surface area (Å²) in [5.74, 6) is 1.76. The molecular formula is C16H23N3O. The first kappa shape index (κ1) is 13.4. The van der Waals surface area contributed by atoms with Crippen molar-refractivity contribution in [3.8, 4) is 0 Å². The fourth-order valence-corrected chi connectivity index (χ4v) is 3.20. The van der Waals surface area contributed by atoms with E-state index < -0.39 is 0 Å². The molecule has 0 spiro atoms. The van der Waals surface area contributed by atoms with Crippen LogP contribution in [0.3, 0.4) is 0 Å². The minimum Gasteiger partial charge on any atom is -0.357 e. The van der Waals surface area contributed by atoms with Crippen LogP contribution >= 0.6 is 0 Å². The molecule has 0 aromatic carbocycles. The number of anilines is 1. The topological polar surface area (TPSA) is 36.4 Å². The maximum Gasteiger partial charge on any atom is 0.255 e. The van der Waals surface area contributed by atoms with E-state index in [9.17, 15) is 4.79 Å². The lowest BCUT2D eigenvalue weighted by atomic mass is 10.00. The lowest BCUT2D eigenvalue weighted by molar-refractivity contribution is 0.0682. The molecule has 2 fully saturated rings. The van der Waals surface area contributed by atoms with Crippen molar-refractivity contribution in [3.05, 3.63) is 23.9 Å². The van der Waals surface area contributed by atoms with Crippen LogP contribution in [-0.2, 0) is 0 Å². The molecule has 108 valence electrons. The summed E-state index contributed by atoms with van der Waals surface area (Å²) in [6, 6.07) is 3.92. The lowest BCUT2D eigenvalue weighted by Gasteiger charge is -2.31. The van der Waals surface area contributed by atoms with Gasteiger partial charge in [-0.2, -0.15) is 0 Å². The van der Waals surface area contributed by atoms with Gasteiger partial charge in [-0.05, 0) is 43.7 Å². The molecule has 0 saturated carbocycles. The van der Waals surface area contributed by atoms with Gasteiger partial charge in [-0.15, -0.1) is 0 Å². The third-order valence-corrected chi connectivity index (χ3v) is 4.37. The Hall–Kier alpha value is -1.58. The zero-order valence-electron chi connectivity index (χ0n) is 12.2. The maximum atomic E-state index is 12.5. The highest BCUT2D eigenvalue weighted by atomic mass is 16.2. The van der Waals surface area contributed by atoms with E-state index in [2.05, 4.69) is 16.8 Å². The Labute approximate surface area is 120 Å². The van der Waals surface area contributed by atoms with Crippen LogP contribution in [0, 0.1) is 5.92 Å². The molecular weight excluding hydrogens is 250 g/mol. The molecule has 0 aliphatic carbocycles. The number of carbonyl (C=O) groups is 1. The summed E-state index contributed by atoms with van der Waals surface area (Å²) in [6.07, 6.45) is 6.58. The van der Waals surface area contributed by atoms with Gasteiger partial charge < -0.3 is 9.80 Å². The average Bonchev–Trinajstić information content (AvgIpc) is 3.01. The van der Waals surface area contributed by atoms with Crippen LogP contribution in [0.5, 0.6) is 0 Å². The average molecular weight is 273 g/mol. The second kappa shape index (κ2) is 5.81. The van der Waals surface area contributed by atoms with E-state index in [1.54, 1.807) is 6.20 Å². The molecule has 1 amide bonds. The summed E-state index contributed by atoms with van der Waals surface area (Å²) in [6.45, 7) is 6.16. The number of hydrogen-bond acceptors (Lipinski definition) is 3. The molecule has 0 N–H and O–H groups in total. The summed E-state index contributed by atoms with van der Waals surface area (Å²) >= 11 is 0. The third kappa shape index (κ3) is 2.79. The Morgan fingerprint density at radius 1 is 1.20 bits per heavy atom. The monoisotopic (exact) mass is 273 g/mol. The molecule has 4 heteroatoms. The van der Waals surface area contributed by atoms with Crippen molar-refractivity contribution in [2.45, 2.75) is 32.6 Å². The highest BCUT2D eigenvalue weighted by molar-refractivity contribution is 5.94.